The van der Waals surface area contributed by atoms with Crippen molar-refractivity contribution >= 4 is 8.80 Å². The molecule has 1 aliphatic rings. The van der Waals surface area contributed by atoms with Crippen molar-refractivity contribution in [3.8, 4) is 0 Å². The largest absolute Gasteiger partial charge is 0.522 e. The van der Waals surface area contributed by atoms with Crippen LogP contribution in [0.4, 0.5) is 0 Å². The molecule has 82 valence electrons. The fourth-order valence-electron chi connectivity index (χ4n) is 1.73. The monoisotopic (exact) mass is 217 g/mol. The highest BCUT2D eigenvalue weighted by molar-refractivity contribution is 6.63. The maximum absolute atomic E-state index is 5.68. The van der Waals surface area contributed by atoms with Crippen LogP contribution in [-0.4, -0.2) is 53.8 Å². The van der Waals surface area contributed by atoms with Gasteiger partial charge in [-0.25, -0.2) is 0 Å². The summed E-state index contributed by atoms with van der Waals surface area (Å²) < 4.78 is 16.7. The van der Waals surface area contributed by atoms with Crippen LogP contribution in [0.2, 0.25) is 0 Å². The van der Waals surface area contributed by atoms with E-state index in [0.717, 1.165) is 6.54 Å². The zero-order chi connectivity index (χ0) is 10.6. The minimum Gasteiger partial charge on any atom is -0.376 e. The van der Waals surface area contributed by atoms with Crippen LogP contribution in [0.1, 0.15) is 6.92 Å². The first kappa shape index (κ1) is 11.9. The number of nitrogens with zero attached hydrogens (tertiary/aromatic N) is 1. The minimum atomic E-state index is -2.53. The van der Waals surface area contributed by atoms with Crippen LogP contribution in [0.25, 0.3) is 0 Å². The Morgan fingerprint density at radius 2 is 2.07 bits per heavy atom. The van der Waals surface area contributed by atoms with Gasteiger partial charge in [0.1, 0.15) is 0 Å². The van der Waals surface area contributed by atoms with Crippen LogP contribution in [0.3, 0.4) is 0 Å². The fraction of sp³-hybridized carbons (Fsp3) is 0.778. The lowest BCUT2D eigenvalue weighted by Crippen LogP contribution is -2.59. The molecule has 0 N–H and O–H groups in total. The highest BCUT2D eigenvalue weighted by Gasteiger charge is 2.49. The van der Waals surface area contributed by atoms with Gasteiger partial charge < -0.3 is 13.3 Å². The van der Waals surface area contributed by atoms with E-state index in [2.05, 4.69) is 17.1 Å². The zero-order valence-corrected chi connectivity index (χ0v) is 10.3. The van der Waals surface area contributed by atoms with Crippen molar-refractivity contribution in [1.82, 2.24) is 4.90 Å². The number of rotatable bonds is 5. The van der Waals surface area contributed by atoms with Gasteiger partial charge in [-0.15, -0.1) is 0 Å². The Hall–Kier alpha value is -0.203. The molecule has 14 heavy (non-hydrogen) atoms. The van der Waals surface area contributed by atoms with Crippen molar-refractivity contribution < 1.29 is 13.3 Å². The van der Waals surface area contributed by atoms with E-state index in [1.54, 1.807) is 14.2 Å². The predicted octanol–water partition coefficient (Wildman–Crippen LogP) is 0.664. The van der Waals surface area contributed by atoms with E-state index >= 15 is 0 Å². The molecule has 0 spiro atoms. The average Bonchev–Trinajstić information content (AvgIpc) is 2.62. The zero-order valence-electron chi connectivity index (χ0n) is 9.32. The molecule has 0 aromatic heterocycles. The van der Waals surface area contributed by atoms with Crippen molar-refractivity contribution in [3.05, 3.63) is 12.2 Å². The second-order valence-electron chi connectivity index (χ2n) is 3.26. The fourth-order valence-corrected chi connectivity index (χ4v) is 4.21. The molecule has 0 saturated heterocycles. The van der Waals surface area contributed by atoms with Gasteiger partial charge in [-0.1, -0.05) is 12.2 Å². The van der Waals surface area contributed by atoms with Crippen LogP contribution in [0.5, 0.6) is 0 Å². The first-order valence-corrected chi connectivity index (χ1v) is 6.61. The molecule has 0 aromatic rings. The van der Waals surface area contributed by atoms with Crippen molar-refractivity contribution in [3.63, 3.8) is 0 Å². The lowest BCUT2D eigenvalue weighted by atomic mass is 10.6. The molecule has 0 aromatic carbocycles. The highest BCUT2D eigenvalue weighted by atomic mass is 28.4. The molecule has 0 bridgehead atoms. The molecule has 4 nitrogen and oxygen atoms in total. The summed E-state index contributed by atoms with van der Waals surface area (Å²) in [6.45, 7) is 3.50. The molecular formula is C9H19NO3Si. The standard InChI is InChI=1S/C9H19NO3Si/c1-5-13-14(11-3,12-4)9-7-6-8-10(9)2/h6-7,9H,5,8H2,1-4H3. The van der Waals surface area contributed by atoms with Gasteiger partial charge in [0.2, 0.25) is 0 Å². The maximum atomic E-state index is 5.68. The average molecular weight is 217 g/mol. The Labute approximate surface area is 86.8 Å². The van der Waals surface area contributed by atoms with E-state index in [1.807, 2.05) is 14.0 Å². The van der Waals surface area contributed by atoms with E-state index in [1.165, 1.54) is 0 Å². The van der Waals surface area contributed by atoms with Gasteiger partial charge in [0.15, 0.2) is 0 Å². The van der Waals surface area contributed by atoms with Crippen LogP contribution >= 0.6 is 0 Å². The summed E-state index contributed by atoms with van der Waals surface area (Å²) in [5.41, 5.74) is 0.150. The first-order valence-electron chi connectivity index (χ1n) is 4.81. The Morgan fingerprint density at radius 3 is 2.43 bits per heavy atom. The van der Waals surface area contributed by atoms with Crippen LogP contribution < -0.4 is 0 Å². The summed E-state index contributed by atoms with van der Waals surface area (Å²) in [4.78, 5) is 2.18. The molecule has 0 amide bonds. The van der Waals surface area contributed by atoms with Crippen molar-refractivity contribution in [2.24, 2.45) is 0 Å². The van der Waals surface area contributed by atoms with Crippen LogP contribution in [0.15, 0.2) is 12.2 Å². The maximum Gasteiger partial charge on any atom is 0.522 e. The minimum absolute atomic E-state index is 0.150. The Bertz CT molecular complexity index is 206. The quantitative estimate of drug-likeness (QED) is 0.500. The van der Waals surface area contributed by atoms with Gasteiger partial charge in [0.25, 0.3) is 0 Å². The molecule has 0 radical (unpaired) electrons. The SMILES string of the molecule is CCO[Si](OC)(OC)C1C=CCN1C. The van der Waals surface area contributed by atoms with E-state index in [9.17, 15) is 0 Å². The Morgan fingerprint density at radius 1 is 1.43 bits per heavy atom. The molecule has 1 rings (SSSR count). The topological polar surface area (TPSA) is 30.9 Å². The van der Waals surface area contributed by atoms with Crippen LogP contribution in [-0.2, 0) is 13.3 Å². The first-order chi connectivity index (χ1) is 6.70. The van der Waals surface area contributed by atoms with E-state index in [0.29, 0.717) is 6.61 Å². The van der Waals surface area contributed by atoms with Gasteiger partial charge in [-0.2, -0.15) is 0 Å². The molecule has 0 fully saturated rings. The van der Waals surface area contributed by atoms with Gasteiger partial charge in [-0.3, -0.25) is 4.90 Å². The molecule has 0 saturated carbocycles. The Balaban J connectivity index is 2.79. The molecule has 1 aliphatic heterocycles. The predicted molar refractivity (Wildman–Crippen MR) is 57.0 cm³/mol. The Kier molecular flexibility index (Phi) is 4.27. The summed E-state index contributed by atoms with van der Waals surface area (Å²) >= 11 is 0. The smallest absolute Gasteiger partial charge is 0.376 e. The molecule has 1 heterocycles. The summed E-state index contributed by atoms with van der Waals surface area (Å²) in [5.74, 6) is 0. The summed E-state index contributed by atoms with van der Waals surface area (Å²) in [5, 5.41) is 0. The number of likely N-dealkylation sites (N-methyl/N-ethyl adjacent to an activating group) is 1. The van der Waals surface area contributed by atoms with Crippen molar-refractivity contribution in [2.45, 2.75) is 12.6 Å². The third-order valence-corrected chi connectivity index (χ3v) is 5.65. The van der Waals surface area contributed by atoms with Gasteiger partial charge in [0, 0.05) is 27.4 Å². The molecule has 0 aliphatic carbocycles. The van der Waals surface area contributed by atoms with E-state index < -0.39 is 8.80 Å². The third-order valence-electron chi connectivity index (χ3n) is 2.46. The van der Waals surface area contributed by atoms with E-state index in [-0.39, 0.29) is 5.67 Å². The number of hydrogen-bond donors (Lipinski definition) is 0. The second-order valence-corrected chi connectivity index (χ2v) is 6.16. The van der Waals surface area contributed by atoms with E-state index in [4.69, 9.17) is 13.3 Å². The normalized spacial score (nSPS) is 23.3. The molecule has 1 atom stereocenters. The second kappa shape index (κ2) is 5.04. The lowest BCUT2D eigenvalue weighted by molar-refractivity contribution is 0.0806. The molecular weight excluding hydrogens is 198 g/mol. The van der Waals surface area contributed by atoms with Crippen LogP contribution in [0, 0.1) is 0 Å². The van der Waals surface area contributed by atoms with Gasteiger partial charge in [0.05, 0.1) is 5.67 Å². The van der Waals surface area contributed by atoms with Crippen molar-refractivity contribution in [1.29, 1.82) is 0 Å². The lowest BCUT2D eigenvalue weighted by Gasteiger charge is -2.34. The number of hydrogen-bond acceptors (Lipinski definition) is 4. The molecule has 5 heteroatoms. The third kappa shape index (κ3) is 2.07. The summed E-state index contributed by atoms with van der Waals surface area (Å²) in [6.07, 6.45) is 4.22. The molecule has 1 unspecified atom stereocenters. The van der Waals surface area contributed by atoms with Gasteiger partial charge >= 0.3 is 8.80 Å². The summed E-state index contributed by atoms with van der Waals surface area (Å²) in [7, 11) is 2.83. The van der Waals surface area contributed by atoms with Gasteiger partial charge in [-0.05, 0) is 14.0 Å². The summed E-state index contributed by atoms with van der Waals surface area (Å²) in [6, 6.07) is 0. The highest BCUT2D eigenvalue weighted by Crippen LogP contribution is 2.21. The van der Waals surface area contributed by atoms with Crippen molar-refractivity contribution in [2.75, 3.05) is 34.4 Å².